The van der Waals surface area contributed by atoms with Crippen LogP contribution >= 0.6 is 11.8 Å². The van der Waals surface area contributed by atoms with Gasteiger partial charge in [0.15, 0.2) is 5.16 Å². The molecule has 1 saturated heterocycles. The molecule has 0 amide bonds. The minimum Gasteiger partial charge on any atom is -0.324 e. The van der Waals surface area contributed by atoms with Crippen LogP contribution in [0.1, 0.15) is 6.42 Å². The molecular weight excluding hydrogens is 318 g/mol. The van der Waals surface area contributed by atoms with Crippen LogP contribution in [0.25, 0.3) is 11.3 Å². The molecule has 2 heterocycles. The van der Waals surface area contributed by atoms with Crippen molar-refractivity contribution in [3.63, 3.8) is 0 Å². The lowest BCUT2D eigenvalue weighted by molar-refractivity contribution is 0.412. The molecule has 3 rings (SSSR count). The van der Waals surface area contributed by atoms with E-state index in [9.17, 15) is 8.42 Å². The van der Waals surface area contributed by atoms with Crippen molar-refractivity contribution in [1.82, 2.24) is 13.9 Å². The number of rotatable bonds is 5. The Balaban J connectivity index is 1.78. The van der Waals surface area contributed by atoms with Gasteiger partial charge in [-0.1, -0.05) is 42.1 Å². The maximum absolute atomic E-state index is 11.9. The second-order valence-corrected chi connectivity index (χ2v) is 8.10. The fraction of sp³-hybridized carbons (Fsp3) is 0.400. The number of hydrogen-bond donors (Lipinski definition) is 0. The fourth-order valence-corrected chi connectivity index (χ4v) is 4.72. The molecule has 1 aliphatic heterocycles. The minimum absolute atomic E-state index is 0.279. The predicted molar refractivity (Wildman–Crippen MR) is 89.4 cm³/mol. The summed E-state index contributed by atoms with van der Waals surface area (Å²) < 4.78 is 27.3. The van der Waals surface area contributed by atoms with Gasteiger partial charge in [-0.25, -0.2) is 17.7 Å². The van der Waals surface area contributed by atoms with E-state index in [2.05, 4.69) is 4.98 Å². The van der Waals surface area contributed by atoms with Gasteiger partial charge in [-0.2, -0.15) is 0 Å². The van der Waals surface area contributed by atoms with Gasteiger partial charge >= 0.3 is 0 Å². The normalized spacial score (nSPS) is 17.9. The topological polar surface area (TPSA) is 55.2 Å². The molecule has 2 aromatic rings. The highest BCUT2D eigenvalue weighted by Gasteiger charge is 2.27. The van der Waals surface area contributed by atoms with Gasteiger partial charge in [0.05, 0.1) is 11.4 Å². The minimum atomic E-state index is -3.03. The van der Waals surface area contributed by atoms with Crippen molar-refractivity contribution >= 4 is 21.8 Å². The summed E-state index contributed by atoms with van der Waals surface area (Å²) in [5, 5.41) is 0.912. The Labute approximate surface area is 135 Å². The van der Waals surface area contributed by atoms with Crippen molar-refractivity contribution in [3.05, 3.63) is 36.5 Å². The molecule has 0 aliphatic carbocycles. The third-order valence-electron chi connectivity index (χ3n) is 3.79. The SMILES string of the molecule is CSc1nc(-c2ccccc2)cn1CCN1CCCS1(=O)=O. The number of thioether (sulfide) groups is 1. The molecule has 22 heavy (non-hydrogen) atoms. The monoisotopic (exact) mass is 337 g/mol. The van der Waals surface area contributed by atoms with E-state index in [1.807, 2.05) is 47.4 Å². The van der Waals surface area contributed by atoms with E-state index < -0.39 is 10.0 Å². The van der Waals surface area contributed by atoms with Crippen LogP contribution in [0.3, 0.4) is 0 Å². The van der Waals surface area contributed by atoms with Crippen LogP contribution < -0.4 is 0 Å². The van der Waals surface area contributed by atoms with Crippen LogP contribution in [0.15, 0.2) is 41.7 Å². The van der Waals surface area contributed by atoms with Crippen molar-refractivity contribution in [1.29, 1.82) is 0 Å². The lowest BCUT2D eigenvalue weighted by atomic mass is 10.2. The molecule has 0 bridgehead atoms. The molecule has 0 atom stereocenters. The Bertz CT molecular complexity index is 741. The van der Waals surface area contributed by atoms with Crippen LogP contribution in [0.5, 0.6) is 0 Å². The molecular formula is C15H19N3O2S2. The van der Waals surface area contributed by atoms with Crippen molar-refractivity contribution in [2.75, 3.05) is 25.1 Å². The van der Waals surface area contributed by atoms with E-state index >= 15 is 0 Å². The molecule has 1 aromatic heterocycles. The van der Waals surface area contributed by atoms with E-state index in [0.717, 1.165) is 22.8 Å². The van der Waals surface area contributed by atoms with Crippen molar-refractivity contribution in [3.8, 4) is 11.3 Å². The summed E-state index contributed by atoms with van der Waals surface area (Å²) in [6.45, 7) is 1.78. The molecule has 1 aliphatic rings. The standard InChI is InChI=1S/C15H19N3O2S2/c1-21-15-16-14(13-6-3-2-4-7-13)12-17(15)9-10-18-8-5-11-22(18,19)20/h2-4,6-7,12H,5,8-11H2,1H3. The first kappa shape index (κ1) is 15.6. The average molecular weight is 337 g/mol. The number of benzene rings is 1. The zero-order valence-electron chi connectivity index (χ0n) is 12.5. The summed E-state index contributed by atoms with van der Waals surface area (Å²) in [4.78, 5) is 4.64. The molecule has 7 heteroatoms. The molecule has 0 radical (unpaired) electrons. The highest BCUT2D eigenvalue weighted by Crippen LogP contribution is 2.23. The fourth-order valence-electron chi connectivity index (χ4n) is 2.63. The summed E-state index contributed by atoms with van der Waals surface area (Å²) in [6, 6.07) is 10.0. The van der Waals surface area contributed by atoms with Crippen molar-refractivity contribution in [2.24, 2.45) is 0 Å². The van der Waals surface area contributed by atoms with E-state index in [1.54, 1.807) is 16.1 Å². The quantitative estimate of drug-likeness (QED) is 0.786. The van der Waals surface area contributed by atoms with Crippen molar-refractivity contribution in [2.45, 2.75) is 18.1 Å². The molecule has 118 valence electrons. The van der Waals surface area contributed by atoms with Gasteiger partial charge in [0.25, 0.3) is 0 Å². The number of hydrogen-bond acceptors (Lipinski definition) is 4. The van der Waals surface area contributed by atoms with Gasteiger partial charge in [-0.15, -0.1) is 0 Å². The molecule has 0 spiro atoms. The molecule has 1 fully saturated rings. The van der Waals surface area contributed by atoms with Gasteiger partial charge in [-0.05, 0) is 12.7 Å². The Morgan fingerprint density at radius 3 is 2.64 bits per heavy atom. The first-order chi connectivity index (χ1) is 10.6. The maximum Gasteiger partial charge on any atom is 0.214 e. The van der Waals surface area contributed by atoms with Gasteiger partial charge in [0.1, 0.15) is 0 Å². The van der Waals surface area contributed by atoms with Crippen LogP contribution in [-0.2, 0) is 16.6 Å². The molecule has 5 nitrogen and oxygen atoms in total. The highest BCUT2D eigenvalue weighted by molar-refractivity contribution is 7.98. The van der Waals surface area contributed by atoms with E-state index in [0.29, 0.717) is 19.6 Å². The Kier molecular flexibility index (Phi) is 4.56. The summed E-state index contributed by atoms with van der Waals surface area (Å²) in [5.74, 6) is 0.279. The van der Waals surface area contributed by atoms with Crippen LogP contribution in [0.4, 0.5) is 0 Å². The Hall–Kier alpha value is -1.31. The summed E-state index contributed by atoms with van der Waals surface area (Å²) >= 11 is 1.58. The zero-order chi connectivity index (χ0) is 15.6. The molecule has 0 N–H and O–H groups in total. The summed E-state index contributed by atoms with van der Waals surface area (Å²) in [6.07, 6.45) is 4.72. The lowest BCUT2D eigenvalue weighted by Crippen LogP contribution is -2.29. The number of nitrogens with zero attached hydrogens (tertiary/aromatic N) is 3. The van der Waals surface area contributed by atoms with Gasteiger partial charge in [-0.3, -0.25) is 0 Å². The number of sulfonamides is 1. The van der Waals surface area contributed by atoms with Crippen molar-refractivity contribution < 1.29 is 8.42 Å². The summed E-state index contributed by atoms with van der Waals surface area (Å²) in [5.41, 5.74) is 2.00. The lowest BCUT2D eigenvalue weighted by Gasteiger charge is -2.15. The first-order valence-electron chi connectivity index (χ1n) is 7.24. The van der Waals surface area contributed by atoms with Crippen LogP contribution in [-0.4, -0.2) is 47.4 Å². The zero-order valence-corrected chi connectivity index (χ0v) is 14.1. The van der Waals surface area contributed by atoms with Crippen LogP contribution in [0.2, 0.25) is 0 Å². The summed E-state index contributed by atoms with van der Waals surface area (Å²) in [7, 11) is -3.03. The second kappa shape index (κ2) is 6.44. The third-order valence-corrected chi connectivity index (χ3v) is 6.43. The third kappa shape index (κ3) is 3.21. The van der Waals surface area contributed by atoms with Gasteiger partial charge < -0.3 is 4.57 Å². The van der Waals surface area contributed by atoms with Gasteiger partial charge in [0, 0.05) is 31.4 Å². The molecule has 0 saturated carbocycles. The molecule has 1 aromatic carbocycles. The van der Waals surface area contributed by atoms with Gasteiger partial charge in [0.2, 0.25) is 10.0 Å². The molecule has 0 unspecified atom stereocenters. The van der Waals surface area contributed by atoms with Crippen LogP contribution in [0, 0.1) is 0 Å². The largest absolute Gasteiger partial charge is 0.324 e. The number of aromatic nitrogens is 2. The predicted octanol–water partition coefficient (Wildman–Crippen LogP) is 2.31. The van der Waals surface area contributed by atoms with E-state index in [4.69, 9.17) is 0 Å². The van der Waals surface area contributed by atoms with E-state index in [-0.39, 0.29) is 5.75 Å². The van der Waals surface area contributed by atoms with E-state index in [1.165, 1.54) is 0 Å². The first-order valence-corrected chi connectivity index (χ1v) is 10.1. The number of imidazole rings is 1. The Morgan fingerprint density at radius 2 is 2.00 bits per heavy atom. The maximum atomic E-state index is 11.9. The smallest absolute Gasteiger partial charge is 0.214 e. The second-order valence-electron chi connectivity index (χ2n) is 5.24. The Morgan fingerprint density at radius 1 is 1.23 bits per heavy atom. The average Bonchev–Trinajstić information content (AvgIpc) is 3.08. The highest BCUT2D eigenvalue weighted by atomic mass is 32.2.